The van der Waals surface area contributed by atoms with E-state index >= 15 is 0 Å². The molecule has 0 fully saturated rings. The van der Waals surface area contributed by atoms with Gasteiger partial charge in [-0.1, -0.05) is 6.92 Å². The van der Waals surface area contributed by atoms with Crippen molar-refractivity contribution < 1.29 is 14.3 Å². The van der Waals surface area contributed by atoms with E-state index in [1.165, 1.54) is 11.3 Å². The Morgan fingerprint density at radius 3 is 3.00 bits per heavy atom. The molecule has 0 spiro atoms. The molecule has 0 saturated carbocycles. The molecule has 1 N–H and O–H groups in total. The van der Waals surface area contributed by atoms with Gasteiger partial charge in [-0.25, -0.2) is 4.98 Å². The molecular formula is C13H16N2O3S. The molecule has 1 atom stereocenters. The van der Waals surface area contributed by atoms with Crippen LogP contribution < -0.4 is 0 Å². The minimum atomic E-state index is -0.800. The first kappa shape index (κ1) is 13.8. The highest BCUT2D eigenvalue weighted by Gasteiger charge is 2.21. The van der Waals surface area contributed by atoms with Crippen LogP contribution in [0, 0.1) is 0 Å². The zero-order valence-electron chi connectivity index (χ0n) is 10.9. The summed E-state index contributed by atoms with van der Waals surface area (Å²) in [5.74, 6) is -0.0596. The van der Waals surface area contributed by atoms with E-state index in [2.05, 4.69) is 4.98 Å². The summed E-state index contributed by atoms with van der Waals surface area (Å²) in [4.78, 5) is 17.3. The minimum absolute atomic E-state index is 0.478. The second-order valence-electron chi connectivity index (χ2n) is 4.30. The van der Waals surface area contributed by atoms with E-state index in [1.54, 1.807) is 18.2 Å². The van der Waals surface area contributed by atoms with Gasteiger partial charge in [-0.15, -0.1) is 11.3 Å². The smallest absolute Gasteiger partial charge is 0.320 e. The molecule has 0 saturated heterocycles. The number of thiazole rings is 1. The van der Waals surface area contributed by atoms with Gasteiger partial charge in [-0.2, -0.15) is 0 Å². The molecule has 0 aromatic carbocycles. The number of aromatic nitrogens is 1. The van der Waals surface area contributed by atoms with Gasteiger partial charge >= 0.3 is 5.97 Å². The van der Waals surface area contributed by atoms with Gasteiger partial charge in [0.2, 0.25) is 0 Å². The van der Waals surface area contributed by atoms with Crippen LogP contribution in [0.1, 0.15) is 19.0 Å². The van der Waals surface area contributed by atoms with Crippen molar-refractivity contribution in [3.8, 4) is 10.8 Å². The van der Waals surface area contributed by atoms with Gasteiger partial charge in [-0.05, 0) is 25.6 Å². The molecule has 0 aliphatic heterocycles. The SMILES string of the molecule is CCC(C(=O)O)N(C)Cc1csc(-c2ccco2)n1. The van der Waals surface area contributed by atoms with Crippen molar-refractivity contribution in [3.63, 3.8) is 0 Å². The molecule has 2 rings (SSSR count). The molecule has 0 bridgehead atoms. The van der Waals surface area contributed by atoms with Crippen LogP contribution in [-0.4, -0.2) is 34.0 Å². The van der Waals surface area contributed by atoms with E-state index in [0.29, 0.717) is 13.0 Å². The van der Waals surface area contributed by atoms with Crippen LogP contribution in [0.3, 0.4) is 0 Å². The maximum atomic E-state index is 11.1. The summed E-state index contributed by atoms with van der Waals surface area (Å²) in [6, 6.07) is 3.20. The number of aliphatic carboxylic acids is 1. The standard InChI is InChI=1S/C13H16N2O3S/c1-3-10(13(16)17)15(2)7-9-8-19-12(14-9)11-5-4-6-18-11/h4-6,8,10H,3,7H2,1-2H3,(H,16,17). The summed E-state index contributed by atoms with van der Waals surface area (Å²) >= 11 is 1.50. The average molecular weight is 280 g/mol. The maximum Gasteiger partial charge on any atom is 0.320 e. The molecule has 0 amide bonds. The van der Waals surface area contributed by atoms with Crippen molar-refractivity contribution >= 4 is 17.3 Å². The number of hydrogen-bond acceptors (Lipinski definition) is 5. The van der Waals surface area contributed by atoms with E-state index in [0.717, 1.165) is 16.5 Å². The number of carboxylic acids is 1. The highest BCUT2D eigenvalue weighted by molar-refractivity contribution is 7.13. The van der Waals surface area contributed by atoms with Crippen LogP contribution in [0.25, 0.3) is 10.8 Å². The second kappa shape index (κ2) is 5.99. The number of furan rings is 1. The van der Waals surface area contributed by atoms with Gasteiger partial charge < -0.3 is 9.52 Å². The molecule has 0 radical (unpaired) electrons. The fraction of sp³-hybridized carbons (Fsp3) is 0.385. The maximum absolute atomic E-state index is 11.1. The van der Waals surface area contributed by atoms with E-state index in [9.17, 15) is 4.79 Å². The van der Waals surface area contributed by atoms with Crippen LogP contribution in [0.4, 0.5) is 0 Å². The van der Waals surface area contributed by atoms with E-state index in [4.69, 9.17) is 9.52 Å². The molecule has 2 aromatic rings. The summed E-state index contributed by atoms with van der Waals surface area (Å²) in [5.41, 5.74) is 0.860. The van der Waals surface area contributed by atoms with Crippen molar-refractivity contribution in [1.29, 1.82) is 0 Å². The van der Waals surface area contributed by atoms with Gasteiger partial charge in [0.05, 0.1) is 12.0 Å². The van der Waals surface area contributed by atoms with Gasteiger partial charge in [0, 0.05) is 11.9 Å². The number of rotatable bonds is 6. The van der Waals surface area contributed by atoms with Gasteiger partial charge in [0.1, 0.15) is 6.04 Å². The van der Waals surface area contributed by atoms with Gasteiger partial charge in [0.15, 0.2) is 10.8 Å². The lowest BCUT2D eigenvalue weighted by Crippen LogP contribution is -2.37. The Bertz CT molecular complexity index is 536. The van der Waals surface area contributed by atoms with E-state index < -0.39 is 12.0 Å². The third kappa shape index (κ3) is 3.21. The second-order valence-corrected chi connectivity index (χ2v) is 5.16. The summed E-state index contributed by atoms with van der Waals surface area (Å²) in [6.45, 7) is 2.38. The molecule has 2 aromatic heterocycles. The molecule has 2 heterocycles. The largest absolute Gasteiger partial charge is 0.480 e. The third-order valence-electron chi connectivity index (χ3n) is 2.90. The molecule has 6 heteroatoms. The highest BCUT2D eigenvalue weighted by atomic mass is 32.1. The zero-order chi connectivity index (χ0) is 13.8. The Hall–Kier alpha value is -1.66. The molecule has 1 unspecified atom stereocenters. The summed E-state index contributed by atoms with van der Waals surface area (Å²) in [7, 11) is 1.80. The molecule has 0 aliphatic carbocycles. The lowest BCUT2D eigenvalue weighted by Gasteiger charge is -2.22. The van der Waals surface area contributed by atoms with Crippen LogP contribution in [0.5, 0.6) is 0 Å². The van der Waals surface area contributed by atoms with Gasteiger partial charge in [-0.3, -0.25) is 9.69 Å². The topological polar surface area (TPSA) is 66.6 Å². The van der Waals surface area contributed by atoms with E-state index in [1.807, 2.05) is 24.4 Å². The Balaban J connectivity index is 2.06. The van der Waals surface area contributed by atoms with Crippen molar-refractivity contribution in [2.45, 2.75) is 25.9 Å². The molecule has 0 aliphatic rings. The molecular weight excluding hydrogens is 264 g/mol. The minimum Gasteiger partial charge on any atom is -0.480 e. The summed E-state index contributed by atoms with van der Waals surface area (Å²) in [5, 5.41) is 11.9. The number of carbonyl (C=O) groups is 1. The average Bonchev–Trinajstić information content (AvgIpc) is 2.98. The Kier molecular flexibility index (Phi) is 4.34. The number of nitrogens with zero attached hydrogens (tertiary/aromatic N) is 2. The number of likely N-dealkylation sites (N-methyl/N-ethyl adjacent to an activating group) is 1. The van der Waals surface area contributed by atoms with Crippen LogP contribution in [0.2, 0.25) is 0 Å². The predicted molar refractivity (Wildman–Crippen MR) is 73.0 cm³/mol. The fourth-order valence-electron chi connectivity index (χ4n) is 1.93. The Morgan fingerprint density at radius 1 is 1.63 bits per heavy atom. The van der Waals surface area contributed by atoms with Gasteiger partial charge in [0.25, 0.3) is 0 Å². The molecule has 102 valence electrons. The first-order valence-corrected chi connectivity index (χ1v) is 6.91. The number of carboxylic acid groups (broad SMARTS) is 1. The highest BCUT2D eigenvalue weighted by Crippen LogP contribution is 2.24. The fourth-order valence-corrected chi connectivity index (χ4v) is 2.71. The first-order valence-electron chi connectivity index (χ1n) is 6.03. The summed E-state index contributed by atoms with van der Waals surface area (Å²) < 4.78 is 5.28. The zero-order valence-corrected chi connectivity index (χ0v) is 11.7. The first-order chi connectivity index (χ1) is 9.11. The molecule has 19 heavy (non-hydrogen) atoms. The predicted octanol–water partition coefficient (Wildman–Crippen LogP) is 2.70. The van der Waals surface area contributed by atoms with E-state index in [-0.39, 0.29) is 0 Å². The lowest BCUT2D eigenvalue weighted by molar-refractivity contribution is -0.143. The lowest BCUT2D eigenvalue weighted by atomic mass is 10.2. The Morgan fingerprint density at radius 2 is 2.42 bits per heavy atom. The van der Waals surface area contributed by atoms with Crippen LogP contribution >= 0.6 is 11.3 Å². The van der Waals surface area contributed by atoms with Crippen molar-refractivity contribution in [2.24, 2.45) is 0 Å². The van der Waals surface area contributed by atoms with Crippen molar-refractivity contribution in [3.05, 3.63) is 29.5 Å². The monoisotopic (exact) mass is 280 g/mol. The van der Waals surface area contributed by atoms with Crippen LogP contribution in [0.15, 0.2) is 28.2 Å². The normalized spacial score (nSPS) is 12.8. The van der Waals surface area contributed by atoms with Crippen molar-refractivity contribution in [1.82, 2.24) is 9.88 Å². The quantitative estimate of drug-likeness (QED) is 0.881. The van der Waals surface area contributed by atoms with Crippen molar-refractivity contribution in [2.75, 3.05) is 7.05 Å². The Labute approximate surface area is 115 Å². The number of hydrogen-bond donors (Lipinski definition) is 1. The van der Waals surface area contributed by atoms with Crippen LogP contribution in [-0.2, 0) is 11.3 Å². The third-order valence-corrected chi connectivity index (χ3v) is 3.80. The summed E-state index contributed by atoms with van der Waals surface area (Å²) in [6.07, 6.45) is 2.18. The molecule has 5 nitrogen and oxygen atoms in total.